The average Bonchev–Trinajstić information content (AvgIpc) is 3.43. The van der Waals surface area contributed by atoms with Crippen molar-refractivity contribution >= 4 is 51.2 Å². The third kappa shape index (κ3) is 4.32. The van der Waals surface area contributed by atoms with Gasteiger partial charge in [0.25, 0.3) is 5.91 Å². The highest BCUT2D eigenvalue weighted by molar-refractivity contribution is 7.17. The molecule has 0 aliphatic heterocycles. The molecule has 150 valence electrons. The molecule has 0 fully saturated rings. The summed E-state index contributed by atoms with van der Waals surface area (Å²) < 4.78 is 10.6. The molecule has 0 spiro atoms. The Morgan fingerprint density at radius 3 is 2.76 bits per heavy atom. The van der Waals surface area contributed by atoms with Crippen molar-refractivity contribution in [3.05, 3.63) is 67.2 Å². The maximum absolute atomic E-state index is 12.7. The van der Waals surface area contributed by atoms with Gasteiger partial charge in [-0.05, 0) is 60.5 Å². The fourth-order valence-electron chi connectivity index (χ4n) is 3.24. The molecule has 2 aromatic heterocycles. The summed E-state index contributed by atoms with van der Waals surface area (Å²) >= 11 is 8.68. The van der Waals surface area contributed by atoms with E-state index in [0.29, 0.717) is 32.8 Å². The molecule has 1 aliphatic rings. The van der Waals surface area contributed by atoms with Crippen LogP contribution < -0.4 is 10.1 Å². The van der Waals surface area contributed by atoms with Crippen molar-refractivity contribution < 1.29 is 19.1 Å². The van der Waals surface area contributed by atoms with E-state index in [1.54, 1.807) is 30.3 Å². The summed E-state index contributed by atoms with van der Waals surface area (Å²) in [5.41, 5.74) is 2.42. The maximum atomic E-state index is 12.7. The van der Waals surface area contributed by atoms with Crippen molar-refractivity contribution in [3.8, 4) is 5.75 Å². The molecule has 1 N–H and O–H groups in total. The molecule has 1 aromatic carbocycles. The number of aryl methyl sites for hydroxylation is 1. The van der Waals surface area contributed by atoms with Crippen molar-refractivity contribution in [2.45, 2.75) is 25.9 Å². The number of hydrogen-bond donors (Lipinski definition) is 1. The molecular weight excluding hydrogens is 430 g/mol. The lowest BCUT2D eigenvalue weighted by Gasteiger charge is -2.06. The highest BCUT2D eigenvalue weighted by Crippen LogP contribution is 2.39. The normalized spacial score (nSPS) is 12.5. The third-order valence-electron chi connectivity index (χ3n) is 4.63. The number of carbonyl (C=O) groups excluding carboxylic acids is 2. The van der Waals surface area contributed by atoms with Gasteiger partial charge < -0.3 is 14.8 Å². The number of halogens is 1. The first-order valence-corrected chi connectivity index (χ1v) is 11.1. The number of rotatable bonds is 6. The van der Waals surface area contributed by atoms with Gasteiger partial charge in [0.05, 0.1) is 17.6 Å². The van der Waals surface area contributed by atoms with Crippen molar-refractivity contribution in [2.75, 3.05) is 12.4 Å². The number of fused-ring (bicyclic) bond motifs is 1. The van der Waals surface area contributed by atoms with Crippen molar-refractivity contribution in [2.24, 2.45) is 0 Å². The molecule has 0 radical (unpaired) electrons. The summed E-state index contributed by atoms with van der Waals surface area (Å²) in [6, 6.07) is 8.93. The summed E-state index contributed by atoms with van der Waals surface area (Å²) in [6.07, 6.45) is 2.81. The Hall–Kier alpha value is -2.35. The van der Waals surface area contributed by atoms with E-state index >= 15 is 0 Å². The monoisotopic (exact) mass is 447 g/mol. The van der Waals surface area contributed by atoms with Crippen LogP contribution in [0.15, 0.2) is 35.7 Å². The number of thiophene rings is 2. The standard InChI is InChI=1S/C21H18ClNO4S2/c1-26-21(25)18-15-3-2-4-16(15)29-20(18)23-19(24)17-9-12(11-28-17)10-27-14-7-5-13(22)6-8-14/h5-9,11H,2-4,10H2,1H3,(H,23,24). The van der Waals surface area contributed by atoms with Gasteiger partial charge in [-0.3, -0.25) is 4.79 Å². The van der Waals surface area contributed by atoms with Gasteiger partial charge in [0.1, 0.15) is 17.4 Å². The van der Waals surface area contributed by atoms with E-state index in [2.05, 4.69) is 5.32 Å². The SMILES string of the molecule is COC(=O)c1c(NC(=O)c2cc(COc3ccc(Cl)cc3)cs2)sc2c1CCC2. The maximum Gasteiger partial charge on any atom is 0.341 e. The van der Waals surface area contributed by atoms with Crippen LogP contribution in [0.2, 0.25) is 5.02 Å². The first-order chi connectivity index (χ1) is 14.0. The van der Waals surface area contributed by atoms with Crippen LogP contribution in [0.3, 0.4) is 0 Å². The van der Waals surface area contributed by atoms with Crippen LogP contribution in [0, 0.1) is 0 Å². The summed E-state index contributed by atoms with van der Waals surface area (Å²) in [7, 11) is 1.36. The molecule has 1 aliphatic carbocycles. The summed E-state index contributed by atoms with van der Waals surface area (Å²) in [6.45, 7) is 0.353. The van der Waals surface area contributed by atoms with Gasteiger partial charge in [0.2, 0.25) is 0 Å². The second-order valence-electron chi connectivity index (χ2n) is 6.57. The molecular formula is C21H18ClNO4S2. The first kappa shape index (κ1) is 19.9. The number of anilines is 1. The molecule has 5 nitrogen and oxygen atoms in total. The van der Waals surface area contributed by atoms with Gasteiger partial charge in [-0.2, -0.15) is 0 Å². The zero-order valence-electron chi connectivity index (χ0n) is 15.6. The molecule has 0 saturated carbocycles. The Balaban J connectivity index is 1.45. The zero-order chi connectivity index (χ0) is 20.4. The number of methoxy groups -OCH3 is 1. The van der Waals surface area contributed by atoms with Gasteiger partial charge in [0.15, 0.2) is 0 Å². The number of carbonyl (C=O) groups is 2. The number of esters is 1. The molecule has 8 heteroatoms. The minimum atomic E-state index is -0.400. The predicted octanol–water partition coefficient (Wildman–Crippen LogP) is 5.57. The minimum Gasteiger partial charge on any atom is -0.489 e. The van der Waals surface area contributed by atoms with E-state index in [1.807, 2.05) is 5.38 Å². The number of ether oxygens (including phenoxy) is 2. The largest absolute Gasteiger partial charge is 0.489 e. The lowest BCUT2D eigenvalue weighted by molar-refractivity contribution is 0.0601. The van der Waals surface area contributed by atoms with Crippen molar-refractivity contribution in [1.82, 2.24) is 0 Å². The molecule has 2 heterocycles. The summed E-state index contributed by atoms with van der Waals surface area (Å²) in [4.78, 5) is 26.7. The molecule has 3 aromatic rings. The smallest absolute Gasteiger partial charge is 0.341 e. The highest BCUT2D eigenvalue weighted by Gasteiger charge is 2.28. The number of hydrogen-bond acceptors (Lipinski definition) is 6. The Bertz CT molecular complexity index is 1060. The van der Waals surface area contributed by atoms with Crippen LogP contribution in [0.1, 0.15) is 42.5 Å². The van der Waals surface area contributed by atoms with Gasteiger partial charge >= 0.3 is 5.97 Å². The number of nitrogens with one attached hydrogen (secondary N) is 1. The van der Waals surface area contributed by atoms with E-state index < -0.39 is 5.97 Å². The van der Waals surface area contributed by atoms with E-state index in [9.17, 15) is 9.59 Å². The Kier molecular flexibility index (Phi) is 5.89. The molecule has 0 bridgehead atoms. The predicted molar refractivity (Wildman–Crippen MR) is 116 cm³/mol. The minimum absolute atomic E-state index is 0.238. The Labute approximate surface area is 181 Å². The summed E-state index contributed by atoms with van der Waals surface area (Å²) in [5, 5.41) is 6.01. The van der Waals surface area contributed by atoms with Crippen LogP contribution in [-0.2, 0) is 24.2 Å². The average molecular weight is 448 g/mol. The fraction of sp³-hybridized carbons (Fsp3) is 0.238. The fourth-order valence-corrected chi connectivity index (χ4v) is 5.43. The van der Waals surface area contributed by atoms with Crippen LogP contribution in [0.4, 0.5) is 5.00 Å². The van der Waals surface area contributed by atoms with Crippen LogP contribution >= 0.6 is 34.3 Å². The van der Waals surface area contributed by atoms with Gasteiger partial charge in [-0.25, -0.2) is 4.79 Å². The van der Waals surface area contributed by atoms with Crippen LogP contribution in [0.25, 0.3) is 0 Å². The Morgan fingerprint density at radius 2 is 2.00 bits per heavy atom. The quantitative estimate of drug-likeness (QED) is 0.502. The second-order valence-corrected chi connectivity index (χ2v) is 9.02. The highest BCUT2D eigenvalue weighted by atomic mass is 35.5. The molecule has 0 atom stereocenters. The van der Waals surface area contributed by atoms with E-state index in [-0.39, 0.29) is 5.91 Å². The molecule has 4 rings (SSSR count). The molecule has 29 heavy (non-hydrogen) atoms. The molecule has 1 amide bonds. The van der Waals surface area contributed by atoms with Gasteiger partial charge in [-0.1, -0.05) is 11.6 Å². The van der Waals surface area contributed by atoms with Crippen LogP contribution in [-0.4, -0.2) is 19.0 Å². The van der Waals surface area contributed by atoms with Gasteiger partial charge in [-0.15, -0.1) is 22.7 Å². The third-order valence-corrected chi connectivity index (χ3v) is 7.07. The topological polar surface area (TPSA) is 64.6 Å². The first-order valence-electron chi connectivity index (χ1n) is 9.05. The second kappa shape index (κ2) is 8.57. The van der Waals surface area contributed by atoms with E-state index in [1.165, 1.54) is 29.8 Å². The molecule has 0 unspecified atom stereocenters. The van der Waals surface area contributed by atoms with E-state index in [0.717, 1.165) is 35.3 Å². The lowest BCUT2D eigenvalue weighted by Crippen LogP contribution is -2.13. The van der Waals surface area contributed by atoms with Crippen molar-refractivity contribution in [3.63, 3.8) is 0 Å². The lowest BCUT2D eigenvalue weighted by atomic mass is 10.1. The Morgan fingerprint density at radius 1 is 1.21 bits per heavy atom. The number of benzene rings is 1. The zero-order valence-corrected chi connectivity index (χ0v) is 18.0. The van der Waals surface area contributed by atoms with Gasteiger partial charge in [0, 0.05) is 15.5 Å². The van der Waals surface area contributed by atoms with Crippen molar-refractivity contribution in [1.29, 1.82) is 0 Å². The molecule has 0 saturated heterocycles. The number of amides is 1. The van der Waals surface area contributed by atoms with Crippen LogP contribution in [0.5, 0.6) is 5.75 Å². The van der Waals surface area contributed by atoms with E-state index in [4.69, 9.17) is 21.1 Å². The summed E-state index contributed by atoms with van der Waals surface area (Å²) in [5.74, 6) is 0.0724.